The van der Waals surface area contributed by atoms with Crippen molar-refractivity contribution in [2.45, 2.75) is 32.1 Å². The summed E-state index contributed by atoms with van der Waals surface area (Å²) in [5.74, 6) is -0.708. The number of aromatic nitrogens is 1. The van der Waals surface area contributed by atoms with Gasteiger partial charge in [0.05, 0.1) is 23.7 Å². The minimum Gasteiger partial charge on any atom is -0.493 e. The van der Waals surface area contributed by atoms with E-state index in [9.17, 15) is 9.18 Å². The van der Waals surface area contributed by atoms with E-state index in [4.69, 9.17) is 9.84 Å². The van der Waals surface area contributed by atoms with E-state index >= 15 is 0 Å². The molecule has 2 aromatic rings. The highest BCUT2D eigenvalue weighted by molar-refractivity contribution is 7.09. The number of rotatable bonds is 7. The van der Waals surface area contributed by atoms with Crippen LogP contribution in [0.25, 0.3) is 0 Å². The van der Waals surface area contributed by atoms with Crippen LogP contribution in [0.3, 0.4) is 0 Å². The summed E-state index contributed by atoms with van der Waals surface area (Å²) in [5, 5.41) is 11.4. The molecule has 0 aliphatic rings. The molecule has 4 nitrogen and oxygen atoms in total. The standard InChI is InChI=1S/C16H18FNO3S/c1-16(2,15-18-12(10-22-15)9-14(19)20)6-7-21-13-5-3-4-11(17)8-13/h3-5,8,10H,6-7,9H2,1-2H3,(H,19,20). The summed E-state index contributed by atoms with van der Waals surface area (Å²) in [6.07, 6.45) is 0.635. The van der Waals surface area contributed by atoms with Gasteiger partial charge in [0.1, 0.15) is 11.6 Å². The number of hydrogen-bond acceptors (Lipinski definition) is 4. The molecular formula is C16H18FNO3S. The van der Waals surface area contributed by atoms with Gasteiger partial charge in [0.2, 0.25) is 0 Å². The SMILES string of the molecule is CC(C)(CCOc1cccc(F)c1)c1nc(CC(=O)O)cs1. The Bertz CT molecular complexity index is 654. The lowest BCUT2D eigenvalue weighted by molar-refractivity contribution is -0.136. The van der Waals surface area contributed by atoms with Crippen molar-refractivity contribution in [3.05, 3.63) is 46.2 Å². The van der Waals surface area contributed by atoms with Gasteiger partial charge >= 0.3 is 5.97 Å². The van der Waals surface area contributed by atoms with E-state index in [1.54, 1.807) is 17.5 Å². The molecule has 6 heteroatoms. The molecule has 0 aliphatic heterocycles. The minimum atomic E-state index is -0.885. The van der Waals surface area contributed by atoms with Crippen LogP contribution >= 0.6 is 11.3 Å². The zero-order valence-electron chi connectivity index (χ0n) is 12.5. The van der Waals surface area contributed by atoms with E-state index in [0.29, 0.717) is 24.5 Å². The molecule has 0 amide bonds. The van der Waals surface area contributed by atoms with Crippen molar-refractivity contribution in [1.29, 1.82) is 0 Å². The first kappa shape index (κ1) is 16.4. The van der Waals surface area contributed by atoms with Gasteiger partial charge in [-0.05, 0) is 18.6 Å². The lowest BCUT2D eigenvalue weighted by Crippen LogP contribution is -2.20. The van der Waals surface area contributed by atoms with Gasteiger partial charge in [-0.15, -0.1) is 11.3 Å². The van der Waals surface area contributed by atoms with Crippen molar-refractivity contribution in [1.82, 2.24) is 4.98 Å². The molecule has 0 atom stereocenters. The Hall–Kier alpha value is -1.95. The molecule has 1 aromatic heterocycles. The summed E-state index contributed by atoms with van der Waals surface area (Å²) in [6.45, 7) is 4.50. The van der Waals surface area contributed by atoms with Gasteiger partial charge in [-0.1, -0.05) is 19.9 Å². The summed E-state index contributed by atoms with van der Waals surface area (Å²) in [4.78, 5) is 15.1. The first-order chi connectivity index (χ1) is 10.4. The number of thiazole rings is 1. The maximum atomic E-state index is 13.1. The topological polar surface area (TPSA) is 59.4 Å². The molecule has 1 aromatic carbocycles. The third kappa shape index (κ3) is 4.53. The van der Waals surface area contributed by atoms with Gasteiger partial charge < -0.3 is 9.84 Å². The quantitative estimate of drug-likeness (QED) is 0.845. The Morgan fingerprint density at radius 1 is 1.45 bits per heavy atom. The normalized spacial score (nSPS) is 11.4. The number of aliphatic carboxylic acids is 1. The monoisotopic (exact) mass is 323 g/mol. The van der Waals surface area contributed by atoms with E-state index in [1.165, 1.54) is 23.5 Å². The number of halogens is 1. The van der Waals surface area contributed by atoms with Crippen LogP contribution in [-0.4, -0.2) is 22.7 Å². The highest BCUT2D eigenvalue weighted by Crippen LogP contribution is 2.30. The third-order valence-electron chi connectivity index (χ3n) is 3.25. The molecule has 0 spiro atoms. The second-order valence-electron chi connectivity index (χ2n) is 5.65. The number of ether oxygens (including phenoxy) is 1. The van der Waals surface area contributed by atoms with Gasteiger partial charge in [-0.3, -0.25) is 4.79 Å². The van der Waals surface area contributed by atoms with Crippen molar-refractivity contribution in [3.8, 4) is 5.75 Å². The molecule has 2 rings (SSSR count). The minimum absolute atomic E-state index is 0.0631. The molecule has 1 N–H and O–H groups in total. The number of carboxylic acid groups (broad SMARTS) is 1. The first-order valence-electron chi connectivity index (χ1n) is 6.92. The van der Waals surface area contributed by atoms with Crippen LogP contribution in [0.15, 0.2) is 29.6 Å². The predicted molar refractivity (Wildman–Crippen MR) is 83.0 cm³/mol. The Balaban J connectivity index is 1.93. The fourth-order valence-electron chi connectivity index (χ4n) is 1.94. The second kappa shape index (κ2) is 6.87. The van der Waals surface area contributed by atoms with Crippen LogP contribution < -0.4 is 4.74 Å². The van der Waals surface area contributed by atoms with Crippen LogP contribution in [0.5, 0.6) is 5.75 Å². The molecule has 0 unspecified atom stereocenters. The Labute approximate surface area is 132 Å². The number of benzene rings is 1. The Morgan fingerprint density at radius 2 is 2.23 bits per heavy atom. The summed E-state index contributed by atoms with van der Waals surface area (Å²) in [6, 6.07) is 6.04. The first-order valence-corrected chi connectivity index (χ1v) is 7.80. The van der Waals surface area contributed by atoms with E-state index in [-0.39, 0.29) is 17.7 Å². The molecular weight excluding hydrogens is 305 g/mol. The average Bonchev–Trinajstić information content (AvgIpc) is 2.87. The maximum absolute atomic E-state index is 13.1. The number of carbonyl (C=O) groups is 1. The molecule has 118 valence electrons. The largest absolute Gasteiger partial charge is 0.493 e. The van der Waals surface area contributed by atoms with Crippen LogP contribution in [-0.2, 0) is 16.6 Å². The van der Waals surface area contributed by atoms with Crippen molar-refractivity contribution in [2.24, 2.45) is 0 Å². The van der Waals surface area contributed by atoms with Crippen molar-refractivity contribution >= 4 is 17.3 Å². The van der Waals surface area contributed by atoms with Crippen LogP contribution in [0.2, 0.25) is 0 Å². The average molecular weight is 323 g/mol. The lowest BCUT2D eigenvalue weighted by atomic mass is 9.90. The highest BCUT2D eigenvalue weighted by Gasteiger charge is 2.24. The van der Waals surface area contributed by atoms with Gasteiger partial charge in [0.25, 0.3) is 0 Å². The highest BCUT2D eigenvalue weighted by atomic mass is 32.1. The zero-order valence-corrected chi connectivity index (χ0v) is 13.3. The maximum Gasteiger partial charge on any atom is 0.309 e. The predicted octanol–water partition coefficient (Wildman–Crippen LogP) is 3.66. The molecule has 0 aliphatic carbocycles. The molecule has 0 bridgehead atoms. The van der Waals surface area contributed by atoms with E-state index in [1.807, 2.05) is 13.8 Å². The van der Waals surface area contributed by atoms with Crippen LogP contribution in [0, 0.1) is 5.82 Å². The molecule has 1 heterocycles. The van der Waals surface area contributed by atoms with Gasteiger partial charge in [-0.2, -0.15) is 0 Å². The summed E-state index contributed by atoms with van der Waals surface area (Å²) in [5.41, 5.74) is 0.348. The second-order valence-corrected chi connectivity index (χ2v) is 6.51. The number of nitrogens with zero attached hydrogens (tertiary/aromatic N) is 1. The lowest BCUT2D eigenvalue weighted by Gasteiger charge is -2.22. The van der Waals surface area contributed by atoms with Crippen LogP contribution in [0.1, 0.15) is 31.0 Å². The van der Waals surface area contributed by atoms with Crippen molar-refractivity contribution in [3.63, 3.8) is 0 Å². The fourth-order valence-corrected chi connectivity index (χ4v) is 2.92. The van der Waals surface area contributed by atoms with E-state index < -0.39 is 5.97 Å². The third-order valence-corrected chi connectivity index (χ3v) is 4.51. The van der Waals surface area contributed by atoms with E-state index in [2.05, 4.69) is 4.98 Å². The summed E-state index contributed by atoms with van der Waals surface area (Å²) >= 11 is 1.46. The molecule has 0 saturated carbocycles. The molecule has 0 saturated heterocycles. The van der Waals surface area contributed by atoms with Gasteiger partial charge in [0, 0.05) is 16.9 Å². The zero-order chi connectivity index (χ0) is 16.2. The summed E-state index contributed by atoms with van der Waals surface area (Å²) < 4.78 is 18.6. The van der Waals surface area contributed by atoms with Crippen molar-refractivity contribution < 1.29 is 19.0 Å². The Morgan fingerprint density at radius 3 is 2.91 bits per heavy atom. The van der Waals surface area contributed by atoms with Gasteiger partial charge in [-0.25, -0.2) is 9.37 Å². The number of hydrogen-bond donors (Lipinski definition) is 1. The fraction of sp³-hybridized carbons (Fsp3) is 0.375. The van der Waals surface area contributed by atoms with Crippen molar-refractivity contribution in [2.75, 3.05) is 6.61 Å². The van der Waals surface area contributed by atoms with Crippen LogP contribution in [0.4, 0.5) is 4.39 Å². The molecule has 0 fully saturated rings. The van der Waals surface area contributed by atoms with E-state index in [0.717, 1.165) is 5.01 Å². The Kier molecular flexibility index (Phi) is 5.13. The van der Waals surface area contributed by atoms with Gasteiger partial charge in [0.15, 0.2) is 0 Å². The molecule has 0 radical (unpaired) electrons. The smallest absolute Gasteiger partial charge is 0.309 e. The number of carboxylic acids is 1. The summed E-state index contributed by atoms with van der Waals surface area (Å²) in [7, 11) is 0. The molecule has 22 heavy (non-hydrogen) atoms.